The fourth-order valence-electron chi connectivity index (χ4n) is 1.95. The molecule has 1 aromatic rings. The number of hydrogen-bond donors (Lipinski definition) is 1. The number of carbonyl (C=O) groups excluding carboxylic acids is 2. The van der Waals surface area contributed by atoms with Gasteiger partial charge in [0.15, 0.2) is 11.5 Å². The number of rotatable bonds is 4. The van der Waals surface area contributed by atoms with Crippen LogP contribution in [0.2, 0.25) is 0 Å². The van der Waals surface area contributed by atoms with Crippen LogP contribution in [0.1, 0.15) is 33.3 Å². The molecule has 0 aliphatic carbocycles. The molecule has 0 saturated carbocycles. The van der Waals surface area contributed by atoms with Crippen molar-refractivity contribution in [2.24, 2.45) is 0 Å². The van der Waals surface area contributed by atoms with Gasteiger partial charge in [0.25, 0.3) is 0 Å². The van der Waals surface area contributed by atoms with Crippen LogP contribution in [0.5, 0.6) is 11.5 Å². The van der Waals surface area contributed by atoms with Crippen molar-refractivity contribution < 1.29 is 32.6 Å². The molecule has 1 aliphatic rings. The third kappa shape index (κ3) is 5.44. The van der Waals surface area contributed by atoms with Crippen molar-refractivity contribution in [2.45, 2.75) is 45.6 Å². The summed E-state index contributed by atoms with van der Waals surface area (Å²) in [6, 6.07) is 3.30. The molecule has 8 heteroatoms. The van der Waals surface area contributed by atoms with Crippen molar-refractivity contribution in [3.63, 3.8) is 0 Å². The molecule has 1 atom stereocenters. The molecule has 1 aromatic carbocycles. The van der Waals surface area contributed by atoms with E-state index >= 15 is 0 Å². The van der Waals surface area contributed by atoms with Crippen LogP contribution in [0.15, 0.2) is 24.3 Å². The maximum absolute atomic E-state index is 12.9. The molecular formula is C17H19F2NO5. The summed E-state index contributed by atoms with van der Waals surface area (Å²) in [6.07, 6.45) is -1.11. The van der Waals surface area contributed by atoms with Gasteiger partial charge in [0.1, 0.15) is 11.6 Å². The van der Waals surface area contributed by atoms with Crippen LogP contribution < -0.4 is 14.8 Å². The highest BCUT2D eigenvalue weighted by atomic mass is 19.3. The molecule has 0 spiro atoms. The number of ether oxygens (including phenoxy) is 3. The van der Waals surface area contributed by atoms with Gasteiger partial charge in [-0.1, -0.05) is 6.07 Å². The van der Waals surface area contributed by atoms with Crippen LogP contribution in [0.25, 0.3) is 6.08 Å². The number of benzene rings is 1. The lowest BCUT2D eigenvalue weighted by atomic mass is 10.2. The first-order valence-corrected chi connectivity index (χ1v) is 7.56. The van der Waals surface area contributed by atoms with Crippen LogP contribution >= 0.6 is 0 Å². The van der Waals surface area contributed by atoms with Crippen LogP contribution in [0.4, 0.5) is 8.78 Å². The molecular weight excluding hydrogens is 336 g/mol. The average molecular weight is 355 g/mol. The number of hydrogen-bond acceptors (Lipinski definition) is 5. The Morgan fingerprint density at radius 2 is 1.88 bits per heavy atom. The number of carbonyl (C=O) groups is 2. The second kappa shape index (κ2) is 6.70. The molecule has 0 aromatic heterocycles. The SMILES string of the molecule is CC(NC(=O)C=Cc1ccc2c(c1)OC(F)(F)O2)C(=O)OC(C)(C)C. The minimum atomic E-state index is -3.69. The van der Waals surface area contributed by atoms with Gasteiger partial charge in [-0.2, -0.15) is 0 Å². The summed E-state index contributed by atoms with van der Waals surface area (Å²) in [6.45, 7) is 6.68. The molecule has 0 radical (unpaired) electrons. The quantitative estimate of drug-likeness (QED) is 0.664. The zero-order valence-electron chi connectivity index (χ0n) is 14.3. The van der Waals surface area contributed by atoms with Crippen molar-refractivity contribution in [3.05, 3.63) is 29.8 Å². The second-order valence-electron chi connectivity index (χ2n) is 6.47. The summed E-state index contributed by atoms with van der Waals surface area (Å²) in [5.74, 6) is -1.28. The molecule has 1 amide bonds. The molecule has 1 heterocycles. The second-order valence-corrected chi connectivity index (χ2v) is 6.47. The van der Waals surface area contributed by atoms with E-state index in [1.807, 2.05) is 0 Å². The van der Waals surface area contributed by atoms with Gasteiger partial charge in [-0.3, -0.25) is 4.79 Å². The number of amides is 1. The first kappa shape index (κ1) is 18.7. The molecule has 1 unspecified atom stereocenters. The van der Waals surface area contributed by atoms with Gasteiger partial charge < -0.3 is 19.5 Å². The van der Waals surface area contributed by atoms with Crippen molar-refractivity contribution in [2.75, 3.05) is 0 Å². The average Bonchev–Trinajstić information content (AvgIpc) is 2.76. The van der Waals surface area contributed by atoms with E-state index in [9.17, 15) is 18.4 Å². The van der Waals surface area contributed by atoms with E-state index in [0.717, 1.165) is 0 Å². The number of alkyl halides is 2. The highest BCUT2D eigenvalue weighted by Gasteiger charge is 2.43. The van der Waals surface area contributed by atoms with E-state index in [0.29, 0.717) is 5.56 Å². The summed E-state index contributed by atoms with van der Waals surface area (Å²) in [4.78, 5) is 23.6. The van der Waals surface area contributed by atoms with Gasteiger partial charge in [0, 0.05) is 6.08 Å². The van der Waals surface area contributed by atoms with Gasteiger partial charge in [0.05, 0.1) is 0 Å². The molecule has 6 nitrogen and oxygen atoms in total. The van der Waals surface area contributed by atoms with Crippen LogP contribution in [-0.4, -0.2) is 29.8 Å². The molecule has 1 N–H and O–H groups in total. The Morgan fingerprint density at radius 1 is 1.24 bits per heavy atom. The lowest BCUT2D eigenvalue weighted by molar-refractivity contribution is -0.286. The molecule has 2 rings (SSSR count). The molecule has 1 aliphatic heterocycles. The standard InChI is InChI=1S/C17H19F2NO5/c1-10(15(22)25-16(2,3)4)20-14(21)8-6-11-5-7-12-13(9-11)24-17(18,19)23-12/h5-10H,1-4H3,(H,20,21). The first-order chi connectivity index (χ1) is 11.5. The number of nitrogens with one attached hydrogen (secondary N) is 1. The third-order valence-corrected chi connectivity index (χ3v) is 2.97. The zero-order valence-corrected chi connectivity index (χ0v) is 14.3. The topological polar surface area (TPSA) is 73.9 Å². The summed E-state index contributed by atoms with van der Waals surface area (Å²) in [5, 5.41) is 2.46. The number of esters is 1. The highest BCUT2D eigenvalue weighted by molar-refractivity contribution is 5.94. The number of fused-ring (bicyclic) bond motifs is 1. The largest absolute Gasteiger partial charge is 0.586 e. The summed E-state index contributed by atoms with van der Waals surface area (Å²) in [5.41, 5.74) is -0.194. The molecule has 0 saturated heterocycles. The Bertz CT molecular complexity index is 709. The van der Waals surface area contributed by atoms with E-state index in [1.165, 1.54) is 37.3 Å². The van der Waals surface area contributed by atoms with Gasteiger partial charge in [-0.05, 0) is 51.5 Å². The maximum atomic E-state index is 12.9. The summed E-state index contributed by atoms with van der Waals surface area (Å²) < 4.78 is 39.7. The van der Waals surface area contributed by atoms with Gasteiger partial charge >= 0.3 is 12.3 Å². The van der Waals surface area contributed by atoms with Crippen molar-refractivity contribution >= 4 is 18.0 Å². The van der Waals surface area contributed by atoms with E-state index in [2.05, 4.69) is 14.8 Å². The smallest absolute Gasteiger partial charge is 0.458 e. The van der Waals surface area contributed by atoms with Gasteiger partial charge in [-0.15, -0.1) is 8.78 Å². The monoisotopic (exact) mass is 355 g/mol. The van der Waals surface area contributed by atoms with Crippen LogP contribution in [0, 0.1) is 0 Å². The lowest BCUT2D eigenvalue weighted by Gasteiger charge is -2.22. The first-order valence-electron chi connectivity index (χ1n) is 7.56. The van der Waals surface area contributed by atoms with Gasteiger partial charge in [0.2, 0.25) is 5.91 Å². The fourth-order valence-corrected chi connectivity index (χ4v) is 1.95. The predicted octanol–water partition coefficient (Wildman–Crippen LogP) is 2.87. The van der Waals surface area contributed by atoms with Crippen LogP contribution in [0.3, 0.4) is 0 Å². The lowest BCUT2D eigenvalue weighted by Crippen LogP contribution is -2.41. The minimum absolute atomic E-state index is 0.0786. The van der Waals surface area contributed by atoms with E-state index in [-0.39, 0.29) is 11.5 Å². The Kier molecular flexibility index (Phi) is 5.01. The van der Waals surface area contributed by atoms with Crippen molar-refractivity contribution in [1.29, 1.82) is 0 Å². The third-order valence-electron chi connectivity index (χ3n) is 2.97. The Balaban J connectivity index is 1.94. The summed E-state index contributed by atoms with van der Waals surface area (Å²) in [7, 11) is 0. The predicted molar refractivity (Wildman–Crippen MR) is 85.1 cm³/mol. The fraction of sp³-hybridized carbons (Fsp3) is 0.412. The highest BCUT2D eigenvalue weighted by Crippen LogP contribution is 2.41. The van der Waals surface area contributed by atoms with Crippen molar-refractivity contribution in [3.8, 4) is 11.5 Å². The van der Waals surface area contributed by atoms with Crippen LogP contribution in [-0.2, 0) is 14.3 Å². The Hall–Kier alpha value is -2.64. The zero-order chi connectivity index (χ0) is 18.8. The maximum Gasteiger partial charge on any atom is 0.586 e. The molecule has 136 valence electrons. The number of halogens is 2. The van der Waals surface area contributed by atoms with E-state index < -0.39 is 29.8 Å². The Morgan fingerprint density at radius 3 is 2.52 bits per heavy atom. The van der Waals surface area contributed by atoms with E-state index in [4.69, 9.17) is 4.74 Å². The molecule has 0 fully saturated rings. The van der Waals surface area contributed by atoms with Crippen molar-refractivity contribution in [1.82, 2.24) is 5.32 Å². The van der Waals surface area contributed by atoms with Gasteiger partial charge in [-0.25, -0.2) is 4.79 Å². The summed E-state index contributed by atoms with van der Waals surface area (Å²) >= 11 is 0. The Labute approximate surface area is 143 Å². The minimum Gasteiger partial charge on any atom is -0.458 e. The normalized spacial score (nSPS) is 16.6. The van der Waals surface area contributed by atoms with E-state index in [1.54, 1.807) is 20.8 Å². The molecule has 25 heavy (non-hydrogen) atoms. The molecule has 0 bridgehead atoms.